The van der Waals surface area contributed by atoms with Crippen molar-refractivity contribution in [3.05, 3.63) is 53.6 Å². The van der Waals surface area contributed by atoms with E-state index in [0.717, 1.165) is 18.4 Å². The number of aryl methyl sites for hydroxylation is 2. The fraction of sp³-hybridized carbons (Fsp3) is 0.250. The zero-order valence-corrected chi connectivity index (χ0v) is 10.4. The minimum absolute atomic E-state index is 0.325. The van der Waals surface area contributed by atoms with Crippen LogP contribution >= 0.6 is 0 Å². The molecule has 0 heterocycles. The molecule has 0 radical (unpaired) electrons. The van der Waals surface area contributed by atoms with Crippen LogP contribution < -0.4 is 0 Å². The first-order valence-corrected chi connectivity index (χ1v) is 6.15. The molecule has 0 atom stereocenters. The molecule has 0 spiro atoms. The second kappa shape index (κ2) is 5.05. The topological polar surface area (TPSA) is 20.2 Å². The average Bonchev–Trinajstić information content (AvgIpc) is 2.38. The SMILES string of the molecule is CCc1ccc(CC)c(-c2cccc(O)c2)c1. The molecule has 1 nitrogen and oxygen atoms in total. The lowest BCUT2D eigenvalue weighted by molar-refractivity contribution is 0.475. The van der Waals surface area contributed by atoms with E-state index < -0.39 is 0 Å². The van der Waals surface area contributed by atoms with Gasteiger partial charge in [0.1, 0.15) is 5.75 Å². The normalized spacial score (nSPS) is 10.5. The molecule has 88 valence electrons. The zero-order chi connectivity index (χ0) is 12.3. The Hall–Kier alpha value is -1.76. The summed E-state index contributed by atoms with van der Waals surface area (Å²) in [7, 11) is 0. The van der Waals surface area contributed by atoms with Crippen molar-refractivity contribution in [2.45, 2.75) is 26.7 Å². The number of hydrogen-bond donors (Lipinski definition) is 1. The van der Waals surface area contributed by atoms with Gasteiger partial charge in [0.2, 0.25) is 0 Å². The van der Waals surface area contributed by atoms with Crippen molar-refractivity contribution in [2.75, 3.05) is 0 Å². The van der Waals surface area contributed by atoms with Crippen molar-refractivity contribution < 1.29 is 5.11 Å². The van der Waals surface area contributed by atoms with Crippen LogP contribution in [0.25, 0.3) is 11.1 Å². The summed E-state index contributed by atoms with van der Waals surface area (Å²) < 4.78 is 0. The van der Waals surface area contributed by atoms with Gasteiger partial charge < -0.3 is 5.11 Å². The fourth-order valence-electron chi connectivity index (χ4n) is 2.09. The van der Waals surface area contributed by atoms with Crippen LogP contribution in [0.2, 0.25) is 0 Å². The molecule has 2 aromatic rings. The summed E-state index contributed by atoms with van der Waals surface area (Å²) in [6.07, 6.45) is 2.05. The molecular weight excluding hydrogens is 208 g/mol. The highest BCUT2D eigenvalue weighted by Crippen LogP contribution is 2.28. The van der Waals surface area contributed by atoms with Gasteiger partial charge in [-0.1, -0.05) is 44.2 Å². The smallest absolute Gasteiger partial charge is 0.116 e. The van der Waals surface area contributed by atoms with Gasteiger partial charge in [-0.3, -0.25) is 0 Å². The number of hydrogen-bond acceptors (Lipinski definition) is 1. The zero-order valence-electron chi connectivity index (χ0n) is 10.4. The summed E-state index contributed by atoms with van der Waals surface area (Å²) >= 11 is 0. The predicted molar refractivity (Wildman–Crippen MR) is 72.3 cm³/mol. The van der Waals surface area contributed by atoms with Crippen LogP contribution in [0.4, 0.5) is 0 Å². The van der Waals surface area contributed by atoms with Crippen LogP contribution in [0.5, 0.6) is 5.75 Å². The third-order valence-electron chi connectivity index (χ3n) is 3.12. The van der Waals surface area contributed by atoms with Gasteiger partial charge in [-0.05, 0) is 47.2 Å². The van der Waals surface area contributed by atoms with E-state index in [2.05, 4.69) is 32.0 Å². The molecule has 0 aromatic heterocycles. The van der Waals surface area contributed by atoms with E-state index in [1.807, 2.05) is 18.2 Å². The number of phenolic OH excluding ortho intramolecular Hbond substituents is 1. The molecule has 0 aliphatic carbocycles. The van der Waals surface area contributed by atoms with Gasteiger partial charge in [-0.25, -0.2) is 0 Å². The second-order valence-corrected chi connectivity index (χ2v) is 4.25. The highest BCUT2D eigenvalue weighted by molar-refractivity contribution is 5.69. The largest absolute Gasteiger partial charge is 0.508 e. The lowest BCUT2D eigenvalue weighted by Crippen LogP contribution is -1.90. The van der Waals surface area contributed by atoms with E-state index in [1.54, 1.807) is 6.07 Å². The van der Waals surface area contributed by atoms with Gasteiger partial charge in [0.05, 0.1) is 0 Å². The van der Waals surface area contributed by atoms with Gasteiger partial charge in [0, 0.05) is 0 Å². The molecule has 1 heteroatoms. The Labute approximate surface area is 103 Å². The molecule has 0 aliphatic heterocycles. The summed E-state index contributed by atoms with van der Waals surface area (Å²) in [5.41, 5.74) is 4.99. The van der Waals surface area contributed by atoms with E-state index in [0.29, 0.717) is 5.75 Å². The molecule has 0 amide bonds. The Balaban J connectivity index is 2.56. The Kier molecular flexibility index (Phi) is 3.48. The lowest BCUT2D eigenvalue weighted by Gasteiger charge is -2.10. The van der Waals surface area contributed by atoms with Gasteiger partial charge in [-0.15, -0.1) is 0 Å². The molecule has 0 bridgehead atoms. The minimum Gasteiger partial charge on any atom is -0.508 e. The maximum atomic E-state index is 9.56. The molecule has 0 saturated carbocycles. The van der Waals surface area contributed by atoms with Crippen LogP contribution in [0, 0.1) is 0 Å². The molecule has 0 unspecified atom stereocenters. The van der Waals surface area contributed by atoms with E-state index in [9.17, 15) is 5.11 Å². The van der Waals surface area contributed by atoms with Crippen LogP contribution in [0.1, 0.15) is 25.0 Å². The van der Waals surface area contributed by atoms with Crippen LogP contribution in [0.15, 0.2) is 42.5 Å². The molecule has 2 aromatic carbocycles. The Morgan fingerprint density at radius 2 is 1.76 bits per heavy atom. The number of phenols is 1. The summed E-state index contributed by atoms with van der Waals surface area (Å²) in [5.74, 6) is 0.325. The van der Waals surface area contributed by atoms with Gasteiger partial charge in [0.15, 0.2) is 0 Å². The summed E-state index contributed by atoms with van der Waals surface area (Å²) in [6.45, 7) is 4.32. The standard InChI is InChI=1S/C16H18O/c1-3-12-8-9-13(4-2)16(10-12)14-6-5-7-15(17)11-14/h5-11,17H,3-4H2,1-2H3. The first kappa shape index (κ1) is 11.7. The van der Waals surface area contributed by atoms with E-state index in [4.69, 9.17) is 0 Å². The van der Waals surface area contributed by atoms with Crippen molar-refractivity contribution in [1.82, 2.24) is 0 Å². The number of rotatable bonds is 3. The summed E-state index contributed by atoms with van der Waals surface area (Å²) in [5, 5.41) is 9.56. The van der Waals surface area contributed by atoms with Crippen LogP contribution in [-0.2, 0) is 12.8 Å². The minimum atomic E-state index is 0.325. The maximum Gasteiger partial charge on any atom is 0.116 e. The number of aromatic hydroxyl groups is 1. The quantitative estimate of drug-likeness (QED) is 0.832. The highest BCUT2D eigenvalue weighted by atomic mass is 16.3. The average molecular weight is 226 g/mol. The van der Waals surface area contributed by atoms with E-state index >= 15 is 0 Å². The Morgan fingerprint density at radius 1 is 0.941 bits per heavy atom. The molecule has 0 aliphatic rings. The molecule has 17 heavy (non-hydrogen) atoms. The molecule has 1 N–H and O–H groups in total. The molecule has 0 saturated heterocycles. The monoisotopic (exact) mass is 226 g/mol. The molecule has 2 rings (SSSR count). The van der Waals surface area contributed by atoms with Crippen molar-refractivity contribution in [1.29, 1.82) is 0 Å². The van der Waals surface area contributed by atoms with E-state index in [1.165, 1.54) is 16.7 Å². The van der Waals surface area contributed by atoms with Crippen LogP contribution in [-0.4, -0.2) is 5.11 Å². The van der Waals surface area contributed by atoms with Crippen molar-refractivity contribution in [3.8, 4) is 16.9 Å². The van der Waals surface area contributed by atoms with Crippen molar-refractivity contribution in [2.24, 2.45) is 0 Å². The summed E-state index contributed by atoms with van der Waals surface area (Å²) in [4.78, 5) is 0. The second-order valence-electron chi connectivity index (χ2n) is 4.25. The Bertz CT molecular complexity index is 515. The van der Waals surface area contributed by atoms with Crippen LogP contribution in [0.3, 0.4) is 0 Å². The molecular formula is C16H18O. The highest BCUT2D eigenvalue weighted by Gasteiger charge is 2.05. The first-order chi connectivity index (χ1) is 8.24. The maximum absolute atomic E-state index is 9.56. The van der Waals surface area contributed by atoms with Crippen molar-refractivity contribution in [3.63, 3.8) is 0 Å². The first-order valence-electron chi connectivity index (χ1n) is 6.15. The van der Waals surface area contributed by atoms with Crippen molar-refractivity contribution >= 4 is 0 Å². The van der Waals surface area contributed by atoms with Gasteiger partial charge >= 0.3 is 0 Å². The summed E-state index contributed by atoms with van der Waals surface area (Å²) in [6, 6.07) is 14.1. The fourth-order valence-corrected chi connectivity index (χ4v) is 2.09. The number of benzene rings is 2. The predicted octanol–water partition coefficient (Wildman–Crippen LogP) is 4.18. The lowest BCUT2D eigenvalue weighted by atomic mass is 9.95. The van der Waals surface area contributed by atoms with Gasteiger partial charge in [0.25, 0.3) is 0 Å². The Morgan fingerprint density at radius 3 is 2.41 bits per heavy atom. The van der Waals surface area contributed by atoms with Gasteiger partial charge in [-0.2, -0.15) is 0 Å². The third kappa shape index (κ3) is 2.50. The molecule has 0 fully saturated rings. The third-order valence-corrected chi connectivity index (χ3v) is 3.12. The van der Waals surface area contributed by atoms with E-state index in [-0.39, 0.29) is 0 Å².